The number of carbonyl (C=O) groups is 1. The number of ether oxygens (including phenoxy) is 2. The zero-order valence-corrected chi connectivity index (χ0v) is 20.2. The van der Waals surface area contributed by atoms with E-state index < -0.39 is 15.9 Å². The van der Waals surface area contributed by atoms with Crippen molar-refractivity contribution in [3.8, 4) is 11.4 Å². The lowest BCUT2D eigenvalue weighted by atomic mass is 9.78. The molecule has 6 rings (SSSR count). The summed E-state index contributed by atoms with van der Waals surface area (Å²) in [4.78, 5) is 19.4. The number of hydrogen-bond donors (Lipinski definition) is 1. The fourth-order valence-corrected chi connectivity index (χ4v) is 5.85. The summed E-state index contributed by atoms with van der Waals surface area (Å²) >= 11 is 0. The van der Waals surface area contributed by atoms with Gasteiger partial charge in [0, 0.05) is 36.6 Å². The van der Waals surface area contributed by atoms with Gasteiger partial charge in [0.2, 0.25) is 0 Å². The van der Waals surface area contributed by atoms with E-state index in [1.165, 1.54) is 19.2 Å². The van der Waals surface area contributed by atoms with Crippen molar-refractivity contribution in [3.63, 3.8) is 0 Å². The monoisotopic (exact) mass is 505 g/mol. The van der Waals surface area contributed by atoms with Crippen molar-refractivity contribution in [2.75, 3.05) is 38.3 Å². The number of anilines is 1. The van der Waals surface area contributed by atoms with Crippen molar-refractivity contribution >= 4 is 32.5 Å². The summed E-state index contributed by atoms with van der Waals surface area (Å²) in [6.07, 6.45) is 3.48. The van der Waals surface area contributed by atoms with Gasteiger partial charge in [-0.1, -0.05) is 6.07 Å². The Morgan fingerprint density at radius 1 is 1.11 bits per heavy atom. The summed E-state index contributed by atoms with van der Waals surface area (Å²) in [6.45, 7) is 3.05. The molecule has 10 nitrogen and oxygen atoms in total. The molecular weight excluding hydrogens is 482 g/mol. The number of rotatable bonds is 6. The van der Waals surface area contributed by atoms with Crippen molar-refractivity contribution in [2.45, 2.75) is 4.90 Å². The number of fused-ring (bicyclic) bond motifs is 1. The van der Waals surface area contributed by atoms with Crippen LogP contribution in [0.25, 0.3) is 16.6 Å². The summed E-state index contributed by atoms with van der Waals surface area (Å²) in [5.74, 6) is -0.681. The highest BCUT2D eigenvalue weighted by Crippen LogP contribution is 2.41. The molecule has 2 aromatic heterocycles. The number of amides is 1. The third-order valence-electron chi connectivity index (χ3n) is 6.59. The quantitative estimate of drug-likeness (QED) is 0.425. The molecule has 2 saturated heterocycles. The minimum Gasteiger partial charge on any atom is -0.495 e. The van der Waals surface area contributed by atoms with Crippen molar-refractivity contribution in [2.24, 2.45) is 5.41 Å². The van der Waals surface area contributed by atoms with Gasteiger partial charge < -0.3 is 14.4 Å². The highest BCUT2D eigenvalue weighted by Gasteiger charge is 2.49. The van der Waals surface area contributed by atoms with Gasteiger partial charge in [0.25, 0.3) is 15.9 Å². The summed E-state index contributed by atoms with van der Waals surface area (Å²) in [5, 5.41) is 5.02. The Kier molecular flexibility index (Phi) is 5.20. The van der Waals surface area contributed by atoms with Gasteiger partial charge in [-0.05, 0) is 48.5 Å². The maximum Gasteiger partial charge on any atom is 0.283 e. The second kappa shape index (κ2) is 8.32. The van der Waals surface area contributed by atoms with Crippen molar-refractivity contribution in [1.29, 1.82) is 0 Å². The van der Waals surface area contributed by atoms with E-state index in [1.54, 1.807) is 35.1 Å². The van der Waals surface area contributed by atoms with E-state index in [-0.39, 0.29) is 21.8 Å². The first-order chi connectivity index (χ1) is 17.4. The number of aromatic nitrogens is 3. The predicted octanol–water partition coefficient (Wildman–Crippen LogP) is 2.38. The molecule has 1 amide bonds. The van der Waals surface area contributed by atoms with Gasteiger partial charge in [-0.2, -0.15) is 5.10 Å². The number of benzene rings is 2. The first-order valence-corrected chi connectivity index (χ1v) is 12.8. The van der Waals surface area contributed by atoms with Crippen LogP contribution in [0.4, 0.5) is 5.69 Å². The Balaban J connectivity index is 1.27. The molecule has 0 atom stereocenters. The predicted molar refractivity (Wildman–Crippen MR) is 132 cm³/mol. The minimum absolute atomic E-state index is 0.0199. The molecule has 36 heavy (non-hydrogen) atoms. The van der Waals surface area contributed by atoms with Gasteiger partial charge in [0.05, 0.1) is 36.9 Å². The molecule has 2 aliphatic rings. The van der Waals surface area contributed by atoms with Crippen LogP contribution in [0.3, 0.4) is 0 Å². The lowest BCUT2D eigenvalue weighted by Crippen LogP contribution is -2.66. The van der Waals surface area contributed by atoms with Gasteiger partial charge in [-0.3, -0.25) is 4.79 Å². The molecule has 2 aromatic carbocycles. The van der Waals surface area contributed by atoms with Crippen LogP contribution in [0, 0.1) is 5.41 Å². The Labute approximate surface area is 207 Å². The molecule has 0 aliphatic carbocycles. The third kappa shape index (κ3) is 3.76. The van der Waals surface area contributed by atoms with Crippen LogP contribution >= 0.6 is 0 Å². The second-order valence-corrected chi connectivity index (χ2v) is 10.8. The standard InChI is InChI=1S/C25H23N5O5S/c1-34-22-9-6-17(29-13-25(14-29)15-35-16-25)12-23(22)36(32,33)28-24(31)20-8-7-18-19(27-20)4-2-5-21(18)30-11-3-10-26-30/h2-12H,13-16H2,1H3,(H,28,31). The molecule has 2 aliphatic heterocycles. The van der Waals surface area contributed by atoms with Crippen LogP contribution in [0.2, 0.25) is 0 Å². The molecule has 0 unspecified atom stereocenters. The van der Waals surface area contributed by atoms with Crippen LogP contribution in [-0.4, -0.2) is 62.5 Å². The zero-order chi connectivity index (χ0) is 24.9. The van der Waals surface area contributed by atoms with E-state index in [1.807, 2.05) is 24.4 Å². The number of hydrogen-bond acceptors (Lipinski definition) is 8. The molecule has 4 aromatic rings. The highest BCUT2D eigenvalue weighted by atomic mass is 32.2. The zero-order valence-electron chi connectivity index (χ0n) is 19.4. The van der Waals surface area contributed by atoms with Gasteiger partial charge >= 0.3 is 0 Å². The fraction of sp³-hybridized carbons (Fsp3) is 0.240. The molecule has 4 heterocycles. The fourth-order valence-electron chi connectivity index (χ4n) is 4.70. The summed E-state index contributed by atoms with van der Waals surface area (Å²) < 4.78 is 41.0. The van der Waals surface area contributed by atoms with Crippen molar-refractivity contribution < 1.29 is 22.7 Å². The average Bonchev–Trinajstić information content (AvgIpc) is 3.36. The average molecular weight is 506 g/mol. The van der Waals surface area contributed by atoms with Crippen LogP contribution in [0.15, 0.2) is 71.9 Å². The molecular formula is C25H23N5O5S. The topological polar surface area (TPSA) is 116 Å². The summed E-state index contributed by atoms with van der Waals surface area (Å²) in [5.41, 5.74) is 2.24. The van der Waals surface area contributed by atoms with Crippen molar-refractivity contribution in [3.05, 3.63) is 72.7 Å². The molecule has 0 bridgehead atoms. The number of nitrogens with one attached hydrogen (secondary N) is 1. The highest BCUT2D eigenvalue weighted by molar-refractivity contribution is 7.90. The largest absolute Gasteiger partial charge is 0.495 e. The Morgan fingerprint density at radius 3 is 2.64 bits per heavy atom. The first-order valence-electron chi connectivity index (χ1n) is 11.4. The lowest BCUT2D eigenvalue weighted by molar-refractivity contribution is -0.127. The third-order valence-corrected chi connectivity index (χ3v) is 7.94. The minimum atomic E-state index is -4.24. The smallest absolute Gasteiger partial charge is 0.283 e. The molecule has 0 radical (unpaired) electrons. The number of carbonyl (C=O) groups excluding carboxylic acids is 1. The summed E-state index contributed by atoms with van der Waals surface area (Å²) in [7, 11) is -2.85. The van der Waals surface area contributed by atoms with Gasteiger partial charge in [-0.15, -0.1) is 0 Å². The maximum absolute atomic E-state index is 13.3. The van der Waals surface area contributed by atoms with Crippen LogP contribution in [0.5, 0.6) is 5.75 Å². The molecule has 2 fully saturated rings. The van der Waals surface area contributed by atoms with Gasteiger partial charge in [0.15, 0.2) is 0 Å². The van der Waals surface area contributed by atoms with E-state index in [2.05, 4.69) is 19.7 Å². The number of sulfonamides is 1. The van der Waals surface area contributed by atoms with E-state index in [0.717, 1.165) is 43.1 Å². The Morgan fingerprint density at radius 2 is 1.94 bits per heavy atom. The number of nitrogens with zero attached hydrogens (tertiary/aromatic N) is 4. The molecule has 11 heteroatoms. The molecule has 1 N–H and O–H groups in total. The summed E-state index contributed by atoms with van der Waals surface area (Å²) in [6, 6.07) is 15.4. The molecule has 184 valence electrons. The van der Waals surface area contributed by atoms with Crippen LogP contribution in [0.1, 0.15) is 10.5 Å². The lowest BCUT2D eigenvalue weighted by Gasteiger charge is -2.56. The Bertz CT molecular complexity index is 1570. The molecule has 1 spiro atoms. The second-order valence-electron chi connectivity index (χ2n) is 9.11. The number of pyridine rings is 1. The van der Waals surface area contributed by atoms with Gasteiger partial charge in [-0.25, -0.2) is 22.8 Å². The SMILES string of the molecule is COc1ccc(N2CC3(COC3)C2)cc1S(=O)(=O)NC(=O)c1ccc2c(-n3cccn3)cccc2n1. The first kappa shape index (κ1) is 22.5. The van der Waals surface area contributed by atoms with Gasteiger partial charge in [0.1, 0.15) is 16.3 Å². The normalized spacial score (nSPS) is 16.4. The number of methoxy groups -OCH3 is 1. The van der Waals surface area contributed by atoms with Crippen LogP contribution < -0.4 is 14.4 Å². The van der Waals surface area contributed by atoms with E-state index in [0.29, 0.717) is 5.52 Å². The van der Waals surface area contributed by atoms with Crippen LogP contribution in [-0.2, 0) is 14.8 Å². The maximum atomic E-state index is 13.3. The van der Waals surface area contributed by atoms with E-state index in [9.17, 15) is 13.2 Å². The van der Waals surface area contributed by atoms with E-state index >= 15 is 0 Å². The van der Waals surface area contributed by atoms with Crippen molar-refractivity contribution in [1.82, 2.24) is 19.5 Å². The van der Waals surface area contributed by atoms with E-state index in [4.69, 9.17) is 9.47 Å². The Hall–Kier alpha value is -3.96. The molecule has 0 saturated carbocycles.